The maximum absolute atomic E-state index is 4.38. The minimum atomic E-state index is 0. The smallest absolute Gasteiger partial charge is 0.0161 e. The van der Waals surface area contributed by atoms with Gasteiger partial charge in [-0.25, -0.2) is 0 Å². The van der Waals surface area contributed by atoms with Crippen LogP contribution in [0.2, 0.25) is 0 Å². The molecule has 0 aliphatic carbocycles. The Morgan fingerprint density at radius 1 is 0.938 bits per heavy atom. The normalized spacial score (nSPS) is 9.50. The maximum Gasteiger partial charge on any atom is 0.0161 e. The fraction of sp³-hybridized carbons (Fsp3) is 0. The molecule has 0 spiro atoms. The molecule has 0 amide bonds. The molecule has 3 heteroatoms. The first-order valence-corrected chi connectivity index (χ1v) is 4.59. The van der Waals surface area contributed by atoms with E-state index in [1.807, 2.05) is 24.4 Å². The van der Waals surface area contributed by atoms with E-state index in [0.29, 0.717) is 0 Å². The first-order valence-electron chi connectivity index (χ1n) is 4.59. The Kier molecular flexibility index (Phi) is 5.18. The number of hydrogen-bond donors (Lipinski definition) is 0. The van der Waals surface area contributed by atoms with E-state index in [1.165, 1.54) is 10.8 Å². The third kappa shape index (κ3) is 2.40. The summed E-state index contributed by atoms with van der Waals surface area (Å²) in [5.41, 5.74) is 1.03. The van der Waals surface area contributed by atoms with Crippen molar-refractivity contribution in [2.24, 2.45) is 0 Å². The summed E-state index contributed by atoms with van der Waals surface area (Å²) in [4.78, 5) is 4.38. The van der Waals surface area contributed by atoms with Gasteiger partial charge in [0, 0.05) is 58.4 Å². The minimum Gasteiger partial charge on any atom is -0.304 e. The molecule has 0 fully saturated rings. The molecule has 3 aromatic rings. The fourth-order valence-electron chi connectivity index (χ4n) is 1.73. The van der Waals surface area contributed by atoms with Gasteiger partial charge in [0.2, 0.25) is 0 Å². The Labute approximate surface area is 132 Å². The Hall–Kier alpha value is -0.163. The van der Waals surface area contributed by atoms with Crippen molar-refractivity contribution in [1.82, 2.24) is 4.98 Å². The molecule has 1 aromatic heterocycles. The van der Waals surface area contributed by atoms with Crippen molar-refractivity contribution in [3.05, 3.63) is 54.7 Å². The van der Waals surface area contributed by atoms with Crippen molar-refractivity contribution in [1.29, 1.82) is 0 Å². The molecule has 0 saturated heterocycles. The summed E-state index contributed by atoms with van der Waals surface area (Å²) in [7, 11) is 0. The van der Waals surface area contributed by atoms with Crippen LogP contribution in [0, 0.1) is 6.07 Å². The van der Waals surface area contributed by atoms with E-state index in [2.05, 4.69) is 35.3 Å². The molecule has 1 heterocycles. The average molecular weight is 333 g/mol. The van der Waals surface area contributed by atoms with Crippen molar-refractivity contribution >= 4 is 21.7 Å². The monoisotopic (exact) mass is 331 g/mol. The van der Waals surface area contributed by atoms with E-state index in [1.54, 1.807) is 0 Å². The van der Waals surface area contributed by atoms with Gasteiger partial charge in [0.15, 0.2) is 0 Å². The molecular formula is C13H8NYZn-. The third-order valence-electron chi connectivity index (χ3n) is 2.41. The van der Waals surface area contributed by atoms with E-state index in [-0.39, 0.29) is 52.2 Å². The molecule has 2 aromatic carbocycles. The third-order valence-corrected chi connectivity index (χ3v) is 2.41. The second-order valence-corrected chi connectivity index (χ2v) is 3.28. The van der Waals surface area contributed by atoms with Crippen LogP contribution in [0.15, 0.2) is 48.7 Å². The van der Waals surface area contributed by atoms with Crippen LogP contribution in [-0.4, -0.2) is 4.98 Å². The van der Waals surface area contributed by atoms with Gasteiger partial charge in [0.05, 0.1) is 0 Å². The molecule has 3 rings (SSSR count). The van der Waals surface area contributed by atoms with Gasteiger partial charge in [-0.3, -0.25) is 0 Å². The molecule has 1 nitrogen and oxygen atoms in total. The second-order valence-electron chi connectivity index (χ2n) is 3.28. The number of rotatable bonds is 0. The summed E-state index contributed by atoms with van der Waals surface area (Å²) < 4.78 is 0. The molecule has 0 aliphatic rings. The van der Waals surface area contributed by atoms with E-state index in [0.717, 1.165) is 10.9 Å². The SMILES string of the molecule is [Y].[Zn].[c-]1cccc2ccc3cccnc3c12. The van der Waals surface area contributed by atoms with Crippen LogP contribution in [0.4, 0.5) is 0 Å². The molecule has 0 bridgehead atoms. The number of hydrogen-bond acceptors (Lipinski definition) is 1. The molecule has 0 saturated carbocycles. The Morgan fingerprint density at radius 3 is 2.56 bits per heavy atom. The van der Waals surface area contributed by atoms with Crippen LogP contribution in [0.25, 0.3) is 21.7 Å². The Balaban J connectivity index is 0.000000640. The van der Waals surface area contributed by atoms with Gasteiger partial charge in [-0.1, -0.05) is 18.2 Å². The van der Waals surface area contributed by atoms with Crippen molar-refractivity contribution in [3.8, 4) is 0 Å². The zero-order chi connectivity index (χ0) is 9.38. The minimum absolute atomic E-state index is 0. The van der Waals surface area contributed by atoms with Gasteiger partial charge in [-0.15, -0.1) is 35.0 Å². The summed E-state index contributed by atoms with van der Waals surface area (Å²) >= 11 is 0. The zero-order valence-electron chi connectivity index (χ0n) is 8.85. The molecule has 16 heavy (non-hydrogen) atoms. The van der Waals surface area contributed by atoms with Gasteiger partial charge in [-0.2, -0.15) is 0 Å². The van der Waals surface area contributed by atoms with Crippen LogP contribution in [0.3, 0.4) is 0 Å². The Morgan fingerprint density at radius 2 is 1.69 bits per heavy atom. The molecular weight excluding hydrogens is 324 g/mol. The summed E-state index contributed by atoms with van der Waals surface area (Å²) in [5, 5.41) is 3.46. The number of aromatic nitrogens is 1. The van der Waals surface area contributed by atoms with Gasteiger partial charge >= 0.3 is 0 Å². The predicted molar refractivity (Wildman–Crippen MR) is 58.1 cm³/mol. The topological polar surface area (TPSA) is 12.9 Å². The Bertz CT molecular complexity index is 555. The summed E-state index contributed by atoms with van der Waals surface area (Å²) in [5.74, 6) is 0. The van der Waals surface area contributed by atoms with Crippen LogP contribution in [-0.2, 0) is 52.2 Å². The van der Waals surface area contributed by atoms with Crippen LogP contribution < -0.4 is 0 Å². The van der Waals surface area contributed by atoms with Crippen molar-refractivity contribution in [2.75, 3.05) is 0 Å². The molecule has 0 aliphatic heterocycles. The summed E-state index contributed by atoms with van der Waals surface area (Å²) in [6, 6.07) is 17.5. The van der Waals surface area contributed by atoms with Crippen molar-refractivity contribution in [3.63, 3.8) is 0 Å². The number of benzene rings is 2. The van der Waals surface area contributed by atoms with Gasteiger partial charge < -0.3 is 4.98 Å². The van der Waals surface area contributed by atoms with E-state index >= 15 is 0 Å². The van der Waals surface area contributed by atoms with Crippen molar-refractivity contribution < 1.29 is 52.2 Å². The second kappa shape index (κ2) is 5.96. The first kappa shape index (κ1) is 13.9. The molecule has 0 unspecified atom stereocenters. The van der Waals surface area contributed by atoms with E-state index in [9.17, 15) is 0 Å². The van der Waals surface area contributed by atoms with Crippen LogP contribution in [0.5, 0.6) is 0 Å². The predicted octanol–water partition coefficient (Wildman–Crippen LogP) is 3.18. The van der Waals surface area contributed by atoms with E-state index in [4.69, 9.17) is 0 Å². The number of nitrogens with zero attached hydrogens (tertiary/aromatic N) is 1. The summed E-state index contributed by atoms with van der Waals surface area (Å²) in [6.07, 6.45) is 1.82. The maximum atomic E-state index is 4.38. The van der Waals surface area contributed by atoms with Crippen molar-refractivity contribution in [2.45, 2.75) is 0 Å². The summed E-state index contributed by atoms with van der Waals surface area (Å²) in [6.45, 7) is 0. The van der Waals surface area contributed by atoms with Crippen LogP contribution in [0.1, 0.15) is 0 Å². The van der Waals surface area contributed by atoms with Gasteiger partial charge in [0.1, 0.15) is 0 Å². The standard InChI is InChI=1S/C13H8N.Y.Zn/c1-2-6-12-10(4-1)7-8-11-5-3-9-14-13(11)12;;/h1-5,7-9H;;/q-1;;. The molecule has 0 N–H and O–H groups in total. The quantitative estimate of drug-likeness (QED) is 0.350. The van der Waals surface area contributed by atoms with Gasteiger partial charge in [-0.05, 0) is 17.0 Å². The zero-order valence-corrected chi connectivity index (χ0v) is 14.7. The number of pyridine rings is 1. The van der Waals surface area contributed by atoms with Crippen LogP contribution >= 0.6 is 0 Å². The largest absolute Gasteiger partial charge is 0.304 e. The first-order chi connectivity index (χ1) is 6.95. The van der Waals surface area contributed by atoms with E-state index < -0.39 is 0 Å². The van der Waals surface area contributed by atoms with Gasteiger partial charge in [0.25, 0.3) is 0 Å². The molecule has 1 radical (unpaired) electrons. The molecule has 0 atom stereocenters. The fourth-order valence-corrected chi connectivity index (χ4v) is 1.73. The number of fused-ring (bicyclic) bond motifs is 3. The molecule has 71 valence electrons. The average Bonchev–Trinajstić information content (AvgIpc) is 2.29.